The summed E-state index contributed by atoms with van der Waals surface area (Å²) in [6.07, 6.45) is 1.68. The van der Waals surface area contributed by atoms with Crippen molar-refractivity contribution in [3.63, 3.8) is 0 Å². The van der Waals surface area contributed by atoms with E-state index in [9.17, 15) is 0 Å². The monoisotopic (exact) mass is 270 g/mol. The molecule has 0 fully saturated rings. The van der Waals surface area contributed by atoms with Crippen LogP contribution in [0.4, 0.5) is 0 Å². The number of hydrogen-bond donors (Lipinski definition) is 0. The third-order valence-corrected chi connectivity index (χ3v) is 3.06. The second-order valence-electron chi connectivity index (χ2n) is 4.04. The highest BCUT2D eigenvalue weighted by molar-refractivity contribution is 6.34. The van der Waals surface area contributed by atoms with E-state index in [0.29, 0.717) is 16.1 Å². The van der Waals surface area contributed by atoms with Gasteiger partial charge in [-0.1, -0.05) is 37.0 Å². The first-order valence-electron chi connectivity index (χ1n) is 5.22. The Morgan fingerprint density at radius 2 is 1.76 bits per heavy atom. The van der Waals surface area contributed by atoms with Crippen molar-refractivity contribution in [2.75, 3.05) is 0 Å². The molecule has 2 aromatic rings. The number of hydrogen-bond acceptors (Lipinski definition) is 3. The van der Waals surface area contributed by atoms with Crippen molar-refractivity contribution in [3.8, 4) is 11.5 Å². The zero-order chi connectivity index (χ0) is 12.6. The topological polar surface area (TPSA) is 43.6 Å². The van der Waals surface area contributed by atoms with Crippen LogP contribution in [0, 0.1) is 0 Å². The summed E-state index contributed by atoms with van der Waals surface area (Å²) < 4.78 is 1.68. The molecular weight excluding hydrogens is 259 g/mol. The SMILES string of the molecule is CC(C)c1c(Cl)nc(-c2ccnn2C)nc1Cl. The van der Waals surface area contributed by atoms with Gasteiger partial charge in [-0.2, -0.15) is 5.10 Å². The molecule has 0 aliphatic rings. The number of nitrogens with zero attached hydrogens (tertiary/aromatic N) is 4. The Morgan fingerprint density at radius 3 is 2.18 bits per heavy atom. The molecule has 0 saturated carbocycles. The Hall–Kier alpha value is -1.13. The Balaban J connectivity index is 2.57. The second kappa shape index (κ2) is 4.63. The molecule has 0 aliphatic carbocycles. The number of aromatic nitrogens is 4. The first-order valence-corrected chi connectivity index (χ1v) is 5.97. The van der Waals surface area contributed by atoms with Crippen LogP contribution in [0.3, 0.4) is 0 Å². The van der Waals surface area contributed by atoms with Crippen LogP contribution in [0.15, 0.2) is 12.3 Å². The van der Waals surface area contributed by atoms with E-state index in [1.807, 2.05) is 27.0 Å². The van der Waals surface area contributed by atoms with Gasteiger partial charge in [0.15, 0.2) is 5.82 Å². The van der Waals surface area contributed by atoms with Crippen LogP contribution < -0.4 is 0 Å². The fourth-order valence-corrected chi connectivity index (χ4v) is 2.42. The maximum atomic E-state index is 6.13. The lowest BCUT2D eigenvalue weighted by molar-refractivity contribution is 0.768. The lowest BCUT2D eigenvalue weighted by Crippen LogP contribution is -2.02. The fraction of sp³-hybridized carbons (Fsp3) is 0.364. The van der Waals surface area contributed by atoms with Gasteiger partial charge in [0.25, 0.3) is 0 Å². The smallest absolute Gasteiger partial charge is 0.180 e. The molecule has 0 atom stereocenters. The summed E-state index contributed by atoms with van der Waals surface area (Å²) in [6.45, 7) is 4.00. The molecule has 0 aliphatic heterocycles. The maximum absolute atomic E-state index is 6.13. The van der Waals surface area contributed by atoms with Gasteiger partial charge >= 0.3 is 0 Å². The second-order valence-corrected chi connectivity index (χ2v) is 4.75. The Morgan fingerprint density at radius 1 is 1.18 bits per heavy atom. The molecule has 0 N–H and O–H groups in total. The zero-order valence-electron chi connectivity index (χ0n) is 9.78. The van der Waals surface area contributed by atoms with Gasteiger partial charge in [0.1, 0.15) is 16.0 Å². The fourth-order valence-electron chi connectivity index (χ4n) is 1.60. The molecule has 0 spiro atoms. The highest BCUT2D eigenvalue weighted by Crippen LogP contribution is 2.30. The van der Waals surface area contributed by atoms with Crippen LogP contribution >= 0.6 is 23.2 Å². The standard InChI is InChI=1S/C11H12Cl2N4/c1-6(2)8-9(12)15-11(16-10(8)13)7-4-5-14-17(7)3/h4-6H,1-3H3. The molecule has 2 heterocycles. The van der Waals surface area contributed by atoms with Gasteiger partial charge in [-0.05, 0) is 12.0 Å². The van der Waals surface area contributed by atoms with Crippen LogP contribution in [0.1, 0.15) is 25.3 Å². The summed E-state index contributed by atoms with van der Waals surface area (Å²) >= 11 is 12.3. The third-order valence-electron chi connectivity index (χ3n) is 2.48. The Labute approximate surface area is 110 Å². The predicted molar refractivity (Wildman–Crippen MR) is 68.3 cm³/mol. The number of halogens is 2. The van der Waals surface area contributed by atoms with Crippen LogP contribution in [0.25, 0.3) is 11.5 Å². The molecule has 2 rings (SSSR count). The van der Waals surface area contributed by atoms with Gasteiger partial charge in [-0.25, -0.2) is 9.97 Å². The lowest BCUT2D eigenvalue weighted by atomic mass is 10.1. The average molecular weight is 271 g/mol. The van der Waals surface area contributed by atoms with Crippen molar-refractivity contribution in [3.05, 3.63) is 28.1 Å². The molecule has 4 nitrogen and oxygen atoms in total. The van der Waals surface area contributed by atoms with Crippen molar-refractivity contribution < 1.29 is 0 Å². The molecule has 6 heteroatoms. The molecule has 0 aromatic carbocycles. The molecule has 0 unspecified atom stereocenters. The largest absolute Gasteiger partial charge is 0.265 e. The van der Waals surface area contributed by atoms with Gasteiger partial charge in [0.05, 0.1) is 0 Å². The summed E-state index contributed by atoms with van der Waals surface area (Å²) in [7, 11) is 1.82. The average Bonchev–Trinajstić information content (AvgIpc) is 2.62. The van der Waals surface area contributed by atoms with Crippen LogP contribution in [0.5, 0.6) is 0 Å². The molecule has 0 saturated heterocycles. The van der Waals surface area contributed by atoms with Crippen molar-refractivity contribution >= 4 is 23.2 Å². The van der Waals surface area contributed by atoms with Gasteiger partial charge < -0.3 is 0 Å². The number of rotatable bonds is 2. The first kappa shape index (κ1) is 12.3. The zero-order valence-corrected chi connectivity index (χ0v) is 11.3. The third kappa shape index (κ3) is 2.28. The van der Waals surface area contributed by atoms with Crippen molar-refractivity contribution in [2.24, 2.45) is 7.05 Å². The van der Waals surface area contributed by atoms with Gasteiger partial charge in [0.2, 0.25) is 0 Å². The van der Waals surface area contributed by atoms with Crippen LogP contribution in [-0.2, 0) is 7.05 Å². The minimum Gasteiger partial charge on any atom is -0.265 e. The summed E-state index contributed by atoms with van der Waals surface area (Å²) in [6, 6.07) is 1.82. The molecule has 17 heavy (non-hydrogen) atoms. The highest BCUT2D eigenvalue weighted by atomic mass is 35.5. The van der Waals surface area contributed by atoms with Crippen LogP contribution in [0.2, 0.25) is 10.3 Å². The molecule has 0 bridgehead atoms. The van der Waals surface area contributed by atoms with Gasteiger partial charge in [-0.15, -0.1) is 0 Å². The highest BCUT2D eigenvalue weighted by Gasteiger charge is 2.16. The quantitative estimate of drug-likeness (QED) is 0.787. The van der Waals surface area contributed by atoms with E-state index < -0.39 is 0 Å². The first-order chi connectivity index (χ1) is 8.00. The Bertz CT molecular complexity index is 525. The normalized spacial score (nSPS) is 11.2. The minimum absolute atomic E-state index is 0.190. The lowest BCUT2D eigenvalue weighted by Gasteiger charge is -2.10. The summed E-state index contributed by atoms with van der Waals surface area (Å²) in [5.74, 6) is 0.681. The van der Waals surface area contributed by atoms with E-state index in [0.717, 1.165) is 11.3 Å². The van der Waals surface area contributed by atoms with Gasteiger partial charge in [0, 0.05) is 18.8 Å². The summed E-state index contributed by atoms with van der Waals surface area (Å²) in [4.78, 5) is 8.54. The number of aryl methyl sites for hydroxylation is 1. The molecule has 2 aromatic heterocycles. The van der Waals surface area contributed by atoms with Crippen molar-refractivity contribution in [2.45, 2.75) is 19.8 Å². The van der Waals surface area contributed by atoms with E-state index in [1.165, 1.54) is 0 Å². The molecule has 0 radical (unpaired) electrons. The summed E-state index contributed by atoms with van der Waals surface area (Å²) in [5.41, 5.74) is 1.56. The van der Waals surface area contributed by atoms with Crippen molar-refractivity contribution in [1.82, 2.24) is 19.7 Å². The molecule has 0 amide bonds. The molecule has 90 valence electrons. The maximum Gasteiger partial charge on any atom is 0.180 e. The van der Waals surface area contributed by atoms with E-state index in [2.05, 4.69) is 15.1 Å². The van der Waals surface area contributed by atoms with E-state index in [1.54, 1.807) is 10.9 Å². The Kier molecular flexibility index (Phi) is 3.35. The predicted octanol–water partition coefficient (Wildman–Crippen LogP) is 3.31. The molecular formula is C11H12Cl2N4. The van der Waals surface area contributed by atoms with Crippen LogP contribution in [-0.4, -0.2) is 19.7 Å². The van der Waals surface area contributed by atoms with E-state index in [-0.39, 0.29) is 5.92 Å². The van der Waals surface area contributed by atoms with Gasteiger partial charge in [-0.3, -0.25) is 4.68 Å². The van der Waals surface area contributed by atoms with E-state index >= 15 is 0 Å². The van der Waals surface area contributed by atoms with Crippen molar-refractivity contribution in [1.29, 1.82) is 0 Å². The summed E-state index contributed by atoms with van der Waals surface area (Å²) in [5, 5.41) is 4.86. The van der Waals surface area contributed by atoms with E-state index in [4.69, 9.17) is 23.2 Å². The minimum atomic E-state index is 0.190.